The van der Waals surface area contributed by atoms with Gasteiger partial charge in [0.2, 0.25) is 15.9 Å². The molecule has 0 aliphatic carbocycles. The first-order chi connectivity index (χ1) is 14.5. The van der Waals surface area contributed by atoms with Gasteiger partial charge in [-0.2, -0.15) is 4.31 Å². The molecule has 2 aliphatic heterocycles. The van der Waals surface area contributed by atoms with Gasteiger partial charge in [0.05, 0.1) is 4.90 Å². The Morgan fingerprint density at radius 3 is 2.17 bits per heavy atom. The largest absolute Gasteiger partial charge is 0.341 e. The summed E-state index contributed by atoms with van der Waals surface area (Å²) in [5, 5.41) is 0. The van der Waals surface area contributed by atoms with Crippen molar-refractivity contribution in [2.45, 2.75) is 23.8 Å². The van der Waals surface area contributed by atoms with Crippen molar-refractivity contribution in [3.63, 3.8) is 0 Å². The maximum atomic E-state index is 13.5. The van der Waals surface area contributed by atoms with E-state index in [2.05, 4.69) is 4.90 Å². The van der Waals surface area contributed by atoms with Crippen molar-refractivity contribution in [2.24, 2.45) is 0 Å². The van der Waals surface area contributed by atoms with Crippen molar-refractivity contribution in [3.8, 4) is 0 Å². The predicted molar refractivity (Wildman–Crippen MR) is 112 cm³/mol. The van der Waals surface area contributed by atoms with Crippen LogP contribution >= 0.6 is 0 Å². The van der Waals surface area contributed by atoms with Crippen molar-refractivity contribution in [3.05, 3.63) is 66.0 Å². The number of hydrogen-bond acceptors (Lipinski definition) is 4. The second-order valence-corrected chi connectivity index (χ2v) is 9.68. The van der Waals surface area contributed by atoms with Crippen LogP contribution in [0.4, 0.5) is 4.39 Å². The molecular weight excluding hydrogens is 405 g/mol. The molecule has 2 saturated heterocycles. The van der Waals surface area contributed by atoms with Crippen LogP contribution in [0.15, 0.2) is 59.5 Å². The molecule has 2 aliphatic rings. The van der Waals surface area contributed by atoms with Crippen molar-refractivity contribution < 1.29 is 17.6 Å². The molecule has 160 valence electrons. The van der Waals surface area contributed by atoms with Gasteiger partial charge in [-0.1, -0.05) is 36.4 Å². The van der Waals surface area contributed by atoms with Gasteiger partial charge in [-0.3, -0.25) is 9.69 Å². The maximum Gasteiger partial charge on any atom is 0.244 e. The quantitative estimate of drug-likeness (QED) is 0.730. The minimum Gasteiger partial charge on any atom is -0.341 e. The highest BCUT2D eigenvalue weighted by molar-refractivity contribution is 7.89. The minimum absolute atomic E-state index is 0.0382. The van der Waals surface area contributed by atoms with E-state index < -0.39 is 21.9 Å². The van der Waals surface area contributed by atoms with Crippen molar-refractivity contribution >= 4 is 15.9 Å². The Morgan fingerprint density at radius 2 is 1.53 bits per heavy atom. The van der Waals surface area contributed by atoms with E-state index in [0.29, 0.717) is 13.1 Å². The van der Waals surface area contributed by atoms with Gasteiger partial charge in [-0.25, -0.2) is 12.8 Å². The smallest absolute Gasteiger partial charge is 0.244 e. The number of piperazine rings is 1. The summed E-state index contributed by atoms with van der Waals surface area (Å²) in [7, 11) is -3.76. The summed E-state index contributed by atoms with van der Waals surface area (Å²) >= 11 is 0. The first kappa shape index (κ1) is 21.0. The van der Waals surface area contributed by atoms with Gasteiger partial charge in [0.1, 0.15) is 11.9 Å². The van der Waals surface area contributed by atoms with Crippen LogP contribution in [0.3, 0.4) is 0 Å². The third-order valence-corrected chi connectivity index (χ3v) is 7.73. The zero-order valence-corrected chi connectivity index (χ0v) is 17.6. The SMILES string of the molecule is O=C([C@@H](c1ccccc1)N1CCN(S(=O)(=O)c2cccc(F)c2)CC1)N1CCCC1. The van der Waals surface area contributed by atoms with Gasteiger partial charge < -0.3 is 4.90 Å². The monoisotopic (exact) mass is 431 g/mol. The van der Waals surface area contributed by atoms with Gasteiger partial charge in [0.15, 0.2) is 0 Å². The number of rotatable bonds is 5. The molecule has 30 heavy (non-hydrogen) atoms. The Balaban J connectivity index is 1.52. The molecule has 2 aromatic rings. The maximum absolute atomic E-state index is 13.5. The molecule has 2 heterocycles. The van der Waals surface area contributed by atoms with E-state index in [-0.39, 0.29) is 23.9 Å². The number of halogens is 1. The molecule has 0 spiro atoms. The lowest BCUT2D eigenvalue weighted by Crippen LogP contribution is -2.52. The Hall–Kier alpha value is -2.29. The van der Waals surface area contributed by atoms with Crippen LogP contribution in [0, 0.1) is 5.82 Å². The summed E-state index contributed by atoms with van der Waals surface area (Å²) in [6.07, 6.45) is 2.04. The molecule has 0 unspecified atom stereocenters. The highest BCUT2D eigenvalue weighted by Gasteiger charge is 2.36. The number of carbonyl (C=O) groups excluding carboxylic acids is 1. The van der Waals surface area contributed by atoms with E-state index in [1.165, 1.54) is 22.5 Å². The third kappa shape index (κ3) is 4.26. The van der Waals surface area contributed by atoms with Crippen LogP contribution in [0.5, 0.6) is 0 Å². The number of likely N-dealkylation sites (tertiary alicyclic amines) is 1. The summed E-state index contributed by atoms with van der Waals surface area (Å²) in [6, 6.07) is 14.3. The van der Waals surface area contributed by atoms with Gasteiger partial charge in [-0.05, 0) is 36.6 Å². The molecule has 2 aromatic carbocycles. The standard InChI is InChI=1S/C22H26FN3O3S/c23-19-9-6-10-20(17-19)30(28,29)26-15-13-24(14-16-26)21(18-7-2-1-3-8-18)22(27)25-11-4-5-12-25/h1-3,6-10,17,21H,4-5,11-16H2/t21-/m1/s1. The predicted octanol–water partition coefficient (Wildman–Crippen LogP) is 2.50. The van der Waals surface area contributed by atoms with Crippen molar-refractivity contribution in [1.82, 2.24) is 14.1 Å². The Labute approximate surface area is 176 Å². The van der Waals surface area contributed by atoms with Gasteiger partial charge in [0, 0.05) is 39.3 Å². The van der Waals surface area contributed by atoms with Gasteiger partial charge in [-0.15, -0.1) is 0 Å². The zero-order valence-electron chi connectivity index (χ0n) is 16.8. The summed E-state index contributed by atoms with van der Waals surface area (Å²) < 4.78 is 40.7. The molecule has 0 aromatic heterocycles. The number of carbonyl (C=O) groups is 1. The molecule has 2 fully saturated rings. The first-order valence-corrected chi connectivity index (χ1v) is 11.7. The van der Waals surface area contributed by atoms with E-state index in [4.69, 9.17) is 0 Å². The molecule has 4 rings (SSSR count). The second-order valence-electron chi connectivity index (χ2n) is 7.74. The normalized spacial score (nSPS) is 19.7. The lowest BCUT2D eigenvalue weighted by molar-refractivity contribution is -0.136. The van der Waals surface area contributed by atoms with E-state index in [0.717, 1.165) is 37.6 Å². The van der Waals surface area contributed by atoms with Gasteiger partial charge in [0.25, 0.3) is 0 Å². The zero-order chi connectivity index (χ0) is 21.1. The van der Waals surface area contributed by atoms with Crippen LogP contribution in [0.25, 0.3) is 0 Å². The third-order valence-electron chi connectivity index (χ3n) is 5.84. The average molecular weight is 432 g/mol. The summed E-state index contributed by atoms with van der Waals surface area (Å²) in [4.78, 5) is 17.2. The number of amides is 1. The van der Waals surface area contributed by atoms with Crippen LogP contribution in [-0.2, 0) is 14.8 Å². The molecule has 0 bridgehead atoms. The van der Waals surface area contributed by atoms with Crippen LogP contribution in [0.2, 0.25) is 0 Å². The highest BCUT2D eigenvalue weighted by Crippen LogP contribution is 2.28. The van der Waals surface area contributed by atoms with Crippen LogP contribution in [-0.4, -0.2) is 67.7 Å². The molecule has 1 amide bonds. The number of sulfonamides is 1. The summed E-state index contributed by atoms with van der Waals surface area (Å²) in [5.74, 6) is -0.491. The number of hydrogen-bond donors (Lipinski definition) is 0. The average Bonchev–Trinajstić information content (AvgIpc) is 3.30. The molecular formula is C22H26FN3O3S. The molecule has 1 atom stereocenters. The number of nitrogens with zero attached hydrogens (tertiary/aromatic N) is 3. The summed E-state index contributed by atoms with van der Waals surface area (Å²) in [5.41, 5.74) is 0.927. The topological polar surface area (TPSA) is 60.9 Å². The van der Waals surface area contributed by atoms with E-state index >= 15 is 0 Å². The highest BCUT2D eigenvalue weighted by atomic mass is 32.2. The lowest BCUT2D eigenvalue weighted by atomic mass is 10.0. The second kappa shape index (κ2) is 8.83. The van der Waals surface area contributed by atoms with E-state index in [9.17, 15) is 17.6 Å². The van der Waals surface area contributed by atoms with Crippen molar-refractivity contribution in [1.29, 1.82) is 0 Å². The van der Waals surface area contributed by atoms with E-state index in [1.807, 2.05) is 35.2 Å². The van der Waals surface area contributed by atoms with Gasteiger partial charge >= 0.3 is 0 Å². The Bertz CT molecular complexity index is 986. The molecule has 8 heteroatoms. The van der Waals surface area contributed by atoms with Crippen LogP contribution in [0.1, 0.15) is 24.4 Å². The fourth-order valence-corrected chi connectivity index (χ4v) is 5.69. The van der Waals surface area contributed by atoms with Crippen LogP contribution < -0.4 is 0 Å². The Morgan fingerprint density at radius 1 is 0.867 bits per heavy atom. The lowest BCUT2D eigenvalue weighted by Gasteiger charge is -2.39. The first-order valence-electron chi connectivity index (χ1n) is 10.3. The fraction of sp³-hybridized carbons (Fsp3) is 0.409. The van der Waals surface area contributed by atoms with E-state index in [1.54, 1.807) is 0 Å². The summed E-state index contributed by atoms with van der Waals surface area (Å²) in [6.45, 7) is 2.94. The Kier molecular flexibility index (Phi) is 6.17. The number of benzene rings is 2. The fourth-order valence-electron chi connectivity index (χ4n) is 4.23. The molecule has 0 saturated carbocycles. The van der Waals surface area contributed by atoms with Crippen molar-refractivity contribution in [2.75, 3.05) is 39.3 Å². The minimum atomic E-state index is -3.76. The molecule has 0 N–H and O–H groups in total. The molecule has 0 radical (unpaired) electrons. The molecule has 6 nitrogen and oxygen atoms in total.